The number of hydrogen-bond donors (Lipinski definition) is 1. The maximum Gasteiger partial charge on any atom is 0.263 e. The Morgan fingerprint density at radius 2 is 1.69 bits per heavy atom. The molecule has 1 aromatic heterocycles. The number of hydrogen-bond acceptors (Lipinski definition) is 3. The van der Waals surface area contributed by atoms with Gasteiger partial charge in [0.15, 0.2) is 5.60 Å². The number of ether oxygens (including phenoxy) is 1. The van der Waals surface area contributed by atoms with Gasteiger partial charge < -0.3 is 10.1 Å². The molecule has 0 saturated heterocycles. The fourth-order valence-corrected chi connectivity index (χ4v) is 3.90. The molecule has 4 nitrogen and oxygen atoms in total. The molecule has 0 spiro atoms. The summed E-state index contributed by atoms with van der Waals surface area (Å²) in [6.45, 7) is 5.38. The summed E-state index contributed by atoms with van der Waals surface area (Å²) in [5.41, 5.74) is 1.00. The lowest BCUT2D eigenvalue weighted by Gasteiger charge is -2.30. The van der Waals surface area contributed by atoms with Gasteiger partial charge >= 0.3 is 0 Å². The van der Waals surface area contributed by atoms with E-state index in [1.165, 1.54) is 6.20 Å². The van der Waals surface area contributed by atoms with Crippen LogP contribution in [0.1, 0.15) is 37.8 Å². The normalized spacial score (nSPS) is 13.3. The van der Waals surface area contributed by atoms with Crippen LogP contribution in [0, 0.1) is 0 Å². The van der Waals surface area contributed by atoms with E-state index in [1.54, 1.807) is 26.0 Å². The van der Waals surface area contributed by atoms with Crippen molar-refractivity contribution in [3.05, 3.63) is 93.1 Å². The van der Waals surface area contributed by atoms with E-state index in [9.17, 15) is 4.79 Å². The van der Waals surface area contributed by atoms with Crippen molar-refractivity contribution in [3.8, 4) is 5.88 Å². The van der Waals surface area contributed by atoms with Crippen molar-refractivity contribution in [1.29, 1.82) is 0 Å². The first-order valence-corrected chi connectivity index (χ1v) is 11.4. The molecular weight excluding hydrogens is 467 g/mol. The Morgan fingerprint density at radius 3 is 2.34 bits per heavy atom. The van der Waals surface area contributed by atoms with Crippen LogP contribution in [0.2, 0.25) is 15.1 Å². The summed E-state index contributed by atoms with van der Waals surface area (Å²) in [5, 5.41) is 4.93. The molecule has 0 bridgehead atoms. The standard InChI is InChI=1S/C25H25Cl3N2O2/c1-16(30-24(31)25(2,3)32-23-15-21(28)11-12-29-23)22(18-5-4-6-20(27)14-18)13-17-7-9-19(26)10-8-17/h4-12,14-16,22H,13H2,1-3H3,(H,30,31). The zero-order chi connectivity index (χ0) is 23.3. The number of rotatable bonds is 8. The highest BCUT2D eigenvalue weighted by molar-refractivity contribution is 6.31. The average molecular weight is 492 g/mol. The Balaban J connectivity index is 1.79. The fourth-order valence-electron chi connectivity index (χ4n) is 3.42. The Labute approximate surface area is 203 Å². The second-order valence-electron chi connectivity index (χ2n) is 8.18. The maximum atomic E-state index is 13.1. The topological polar surface area (TPSA) is 51.2 Å². The minimum absolute atomic E-state index is 0.0149. The number of nitrogens with one attached hydrogen (secondary N) is 1. The molecule has 1 heterocycles. The van der Waals surface area contributed by atoms with Crippen molar-refractivity contribution < 1.29 is 9.53 Å². The van der Waals surface area contributed by atoms with E-state index in [4.69, 9.17) is 39.5 Å². The van der Waals surface area contributed by atoms with Gasteiger partial charge in [0.1, 0.15) is 0 Å². The van der Waals surface area contributed by atoms with Crippen molar-refractivity contribution in [3.63, 3.8) is 0 Å². The molecule has 32 heavy (non-hydrogen) atoms. The lowest BCUT2D eigenvalue weighted by molar-refractivity contribution is -0.135. The van der Waals surface area contributed by atoms with Gasteiger partial charge in [0.25, 0.3) is 5.91 Å². The zero-order valence-electron chi connectivity index (χ0n) is 18.1. The van der Waals surface area contributed by atoms with Gasteiger partial charge in [-0.15, -0.1) is 0 Å². The summed E-state index contributed by atoms with van der Waals surface area (Å²) in [5.74, 6) is 0.0201. The van der Waals surface area contributed by atoms with Gasteiger partial charge in [0.2, 0.25) is 5.88 Å². The summed E-state index contributed by atoms with van der Waals surface area (Å²) in [7, 11) is 0. The van der Waals surface area contributed by atoms with Crippen LogP contribution < -0.4 is 10.1 Å². The number of carbonyl (C=O) groups is 1. The highest BCUT2D eigenvalue weighted by Gasteiger charge is 2.33. The van der Waals surface area contributed by atoms with Gasteiger partial charge in [-0.2, -0.15) is 0 Å². The number of pyridine rings is 1. The first kappa shape index (κ1) is 24.4. The van der Waals surface area contributed by atoms with E-state index in [2.05, 4.69) is 10.3 Å². The minimum atomic E-state index is -1.15. The van der Waals surface area contributed by atoms with Crippen LogP contribution in [0.4, 0.5) is 0 Å². The lowest BCUT2D eigenvalue weighted by Crippen LogP contribution is -2.51. The van der Waals surface area contributed by atoms with E-state index in [0.29, 0.717) is 21.5 Å². The van der Waals surface area contributed by atoms with Gasteiger partial charge in [0.05, 0.1) is 0 Å². The summed E-state index contributed by atoms with van der Waals surface area (Å²) in [6, 6.07) is 18.4. The molecule has 1 amide bonds. The molecular formula is C25H25Cl3N2O2. The SMILES string of the molecule is CC(NC(=O)C(C)(C)Oc1cc(Cl)ccn1)C(Cc1ccc(Cl)cc1)c1cccc(Cl)c1. The van der Waals surface area contributed by atoms with E-state index in [0.717, 1.165) is 11.1 Å². The third kappa shape index (κ3) is 6.61. The van der Waals surface area contributed by atoms with Gasteiger partial charge in [-0.3, -0.25) is 4.79 Å². The minimum Gasteiger partial charge on any atom is -0.461 e. The predicted octanol–water partition coefficient (Wildman–Crippen LogP) is 6.73. The molecule has 0 aliphatic carbocycles. The molecule has 0 radical (unpaired) electrons. The first-order valence-electron chi connectivity index (χ1n) is 10.3. The van der Waals surface area contributed by atoms with Crippen molar-refractivity contribution in [2.75, 3.05) is 0 Å². The molecule has 0 aliphatic heterocycles. The fraction of sp³-hybridized carbons (Fsp3) is 0.280. The summed E-state index contributed by atoms with van der Waals surface area (Å²) < 4.78 is 5.84. The Morgan fingerprint density at radius 1 is 1.00 bits per heavy atom. The largest absolute Gasteiger partial charge is 0.461 e. The van der Waals surface area contributed by atoms with E-state index < -0.39 is 5.60 Å². The van der Waals surface area contributed by atoms with Crippen LogP contribution in [0.5, 0.6) is 5.88 Å². The molecule has 1 N–H and O–H groups in total. The number of nitrogens with zero attached hydrogens (tertiary/aromatic N) is 1. The predicted molar refractivity (Wildman–Crippen MR) is 131 cm³/mol. The average Bonchev–Trinajstić information content (AvgIpc) is 2.73. The van der Waals surface area contributed by atoms with Gasteiger partial charge in [-0.25, -0.2) is 4.98 Å². The number of benzene rings is 2. The molecule has 3 rings (SSSR count). The van der Waals surface area contributed by atoms with Crippen LogP contribution in [0.3, 0.4) is 0 Å². The second-order valence-corrected chi connectivity index (χ2v) is 9.49. The van der Waals surface area contributed by atoms with Crippen LogP contribution in [0.15, 0.2) is 66.9 Å². The van der Waals surface area contributed by atoms with Gasteiger partial charge in [-0.1, -0.05) is 59.1 Å². The quantitative estimate of drug-likeness (QED) is 0.380. The smallest absolute Gasteiger partial charge is 0.263 e. The Bertz CT molecular complexity index is 1070. The van der Waals surface area contributed by atoms with E-state index in [1.807, 2.05) is 55.5 Å². The molecule has 0 saturated carbocycles. The maximum absolute atomic E-state index is 13.1. The molecule has 2 atom stereocenters. The summed E-state index contributed by atoms with van der Waals surface area (Å²) in [4.78, 5) is 17.3. The Kier molecular flexibility index (Phi) is 8.05. The molecule has 7 heteroatoms. The number of aromatic nitrogens is 1. The van der Waals surface area contributed by atoms with Crippen molar-refractivity contribution in [1.82, 2.24) is 10.3 Å². The van der Waals surface area contributed by atoms with Crippen LogP contribution in [-0.4, -0.2) is 22.5 Å². The highest BCUT2D eigenvalue weighted by atomic mass is 35.5. The van der Waals surface area contributed by atoms with Gasteiger partial charge in [-0.05, 0) is 68.7 Å². The molecule has 0 fully saturated rings. The third-order valence-corrected chi connectivity index (χ3v) is 5.93. The molecule has 2 aromatic carbocycles. The third-order valence-electron chi connectivity index (χ3n) is 5.21. The second kappa shape index (κ2) is 10.6. The van der Waals surface area contributed by atoms with E-state index >= 15 is 0 Å². The number of carbonyl (C=O) groups excluding carboxylic acids is 1. The first-order chi connectivity index (χ1) is 15.1. The lowest BCUT2D eigenvalue weighted by atomic mass is 9.86. The molecule has 0 aliphatic rings. The van der Waals surface area contributed by atoms with Crippen LogP contribution in [0.25, 0.3) is 0 Å². The van der Waals surface area contributed by atoms with Crippen molar-refractivity contribution in [2.24, 2.45) is 0 Å². The van der Waals surface area contributed by atoms with E-state index in [-0.39, 0.29) is 23.7 Å². The summed E-state index contributed by atoms with van der Waals surface area (Å²) >= 11 is 18.3. The van der Waals surface area contributed by atoms with Crippen molar-refractivity contribution >= 4 is 40.7 Å². The molecule has 168 valence electrons. The zero-order valence-corrected chi connectivity index (χ0v) is 20.4. The number of halogens is 3. The number of amides is 1. The van der Waals surface area contributed by atoms with Crippen molar-refractivity contribution in [2.45, 2.75) is 44.8 Å². The monoisotopic (exact) mass is 490 g/mol. The van der Waals surface area contributed by atoms with Gasteiger partial charge in [0, 0.05) is 39.3 Å². The molecule has 3 aromatic rings. The highest BCUT2D eigenvalue weighted by Crippen LogP contribution is 2.28. The molecule has 2 unspecified atom stereocenters. The Hall–Kier alpha value is -2.27. The summed E-state index contributed by atoms with van der Waals surface area (Å²) in [6.07, 6.45) is 2.24. The van der Waals surface area contributed by atoms with Crippen LogP contribution in [-0.2, 0) is 11.2 Å². The van der Waals surface area contributed by atoms with Crippen LogP contribution >= 0.6 is 34.8 Å².